The summed E-state index contributed by atoms with van der Waals surface area (Å²) in [6.45, 7) is 6.98. The lowest BCUT2D eigenvalue weighted by molar-refractivity contribution is -0.136. The number of aromatic nitrogens is 2. The van der Waals surface area contributed by atoms with Gasteiger partial charge in [-0.3, -0.25) is 9.69 Å². The zero-order valence-corrected chi connectivity index (χ0v) is 14.7. The summed E-state index contributed by atoms with van der Waals surface area (Å²) < 4.78 is 5.34. The van der Waals surface area contributed by atoms with Gasteiger partial charge in [0.2, 0.25) is 0 Å². The van der Waals surface area contributed by atoms with E-state index in [1.807, 2.05) is 13.8 Å². The summed E-state index contributed by atoms with van der Waals surface area (Å²) in [6, 6.07) is -0.227. The molecule has 3 rings (SSSR count). The number of rotatable bonds is 3. The second-order valence-corrected chi connectivity index (χ2v) is 6.98. The summed E-state index contributed by atoms with van der Waals surface area (Å²) >= 11 is 0. The molecule has 0 unspecified atom stereocenters. The van der Waals surface area contributed by atoms with E-state index < -0.39 is 12.2 Å². The standard InChI is InChI=1S/C17H26N4O4/c1-11(2)16-18-7-12(8-19-16)17(24)21-5-3-20(4-6-21)13-9-25-10-14(22)15(13)23/h7-8,11,13-15,22-23H,3-6,9-10H2,1-2H3/t13-,14-,15+/m1/s1. The molecule has 3 atom stereocenters. The summed E-state index contributed by atoms with van der Waals surface area (Å²) in [5.41, 5.74) is 0.495. The van der Waals surface area contributed by atoms with E-state index >= 15 is 0 Å². The molecule has 0 bridgehead atoms. The number of aliphatic hydroxyl groups is 2. The number of hydrogen-bond acceptors (Lipinski definition) is 7. The van der Waals surface area contributed by atoms with Crippen LogP contribution in [0.1, 0.15) is 35.9 Å². The second-order valence-electron chi connectivity index (χ2n) is 6.98. The number of hydrogen-bond donors (Lipinski definition) is 2. The van der Waals surface area contributed by atoms with Crippen molar-refractivity contribution in [2.24, 2.45) is 0 Å². The maximum atomic E-state index is 12.6. The molecule has 2 N–H and O–H groups in total. The van der Waals surface area contributed by atoms with Crippen LogP contribution in [0.25, 0.3) is 0 Å². The number of piperazine rings is 1. The average molecular weight is 350 g/mol. The Kier molecular flexibility index (Phi) is 5.63. The molecule has 2 aliphatic heterocycles. The Morgan fingerprint density at radius 1 is 1.16 bits per heavy atom. The normalized spacial score (nSPS) is 28.4. The molecule has 2 saturated heterocycles. The predicted octanol–water partition coefficient (Wildman–Crippen LogP) is -0.522. The van der Waals surface area contributed by atoms with Crippen LogP contribution in [0.4, 0.5) is 0 Å². The van der Waals surface area contributed by atoms with Crippen LogP contribution >= 0.6 is 0 Å². The lowest BCUT2D eigenvalue weighted by Crippen LogP contribution is -2.60. The van der Waals surface area contributed by atoms with Gasteiger partial charge in [-0.25, -0.2) is 9.97 Å². The van der Waals surface area contributed by atoms with Crippen LogP contribution in [0.3, 0.4) is 0 Å². The minimum Gasteiger partial charge on any atom is -0.389 e. The van der Waals surface area contributed by atoms with Crippen molar-refractivity contribution in [3.8, 4) is 0 Å². The summed E-state index contributed by atoms with van der Waals surface area (Å²) in [5.74, 6) is 0.883. The number of nitrogens with zero attached hydrogens (tertiary/aromatic N) is 4. The molecule has 0 spiro atoms. The van der Waals surface area contributed by atoms with E-state index in [2.05, 4.69) is 14.9 Å². The first-order chi connectivity index (χ1) is 12.0. The molecule has 2 fully saturated rings. The molecule has 138 valence electrons. The largest absolute Gasteiger partial charge is 0.389 e. The monoisotopic (exact) mass is 350 g/mol. The predicted molar refractivity (Wildman–Crippen MR) is 90.2 cm³/mol. The maximum absolute atomic E-state index is 12.6. The van der Waals surface area contributed by atoms with Crippen molar-refractivity contribution >= 4 is 5.91 Å². The molecule has 2 aliphatic rings. The van der Waals surface area contributed by atoms with Gasteiger partial charge >= 0.3 is 0 Å². The molecule has 3 heterocycles. The van der Waals surface area contributed by atoms with Crippen LogP contribution in [-0.4, -0.2) is 93.5 Å². The summed E-state index contributed by atoms with van der Waals surface area (Å²) in [4.78, 5) is 25.0. The fourth-order valence-corrected chi connectivity index (χ4v) is 3.27. The van der Waals surface area contributed by atoms with Gasteiger partial charge in [0, 0.05) is 44.5 Å². The van der Waals surface area contributed by atoms with Gasteiger partial charge in [0.15, 0.2) is 0 Å². The molecule has 0 aromatic carbocycles. The van der Waals surface area contributed by atoms with E-state index in [9.17, 15) is 15.0 Å². The molecule has 25 heavy (non-hydrogen) atoms. The van der Waals surface area contributed by atoms with E-state index in [4.69, 9.17) is 4.74 Å². The highest BCUT2D eigenvalue weighted by atomic mass is 16.5. The van der Waals surface area contributed by atoms with Crippen molar-refractivity contribution in [1.82, 2.24) is 19.8 Å². The number of amides is 1. The molecule has 1 amide bonds. The average Bonchev–Trinajstić information content (AvgIpc) is 2.64. The Morgan fingerprint density at radius 2 is 1.80 bits per heavy atom. The molecule has 0 radical (unpaired) electrons. The van der Waals surface area contributed by atoms with Gasteiger partial charge < -0.3 is 19.8 Å². The van der Waals surface area contributed by atoms with Gasteiger partial charge in [-0.1, -0.05) is 13.8 Å². The zero-order chi connectivity index (χ0) is 18.0. The Bertz CT molecular complexity index is 587. The second kappa shape index (κ2) is 7.74. The molecule has 8 heteroatoms. The summed E-state index contributed by atoms with van der Waals surface area (Å²) in [7, 11) is 0. The minimum atomic E-state index is -0.852. The molecule has 1 aromatic rings. The quantitative estimate of drug-likeness (QED) is 0.757. The van der Waals surface area contributed by atoms with Crippen molar-refractivity contribution in [2.45, 2.75) is 38.0 Å². The van der Waals surface area contributed by atoms with Crippen LogP contribution in [0.5, 0.6) is 0 Å². The number of carbonyl (C=O) groups is 1. The first-order valence-corrected chi connectivity index (χ1v) is 8.76. The van der Waals surface area contributed by atoms with E-state index in [1.165, 1.54) is 0 Å². The van der Waals surface area contributed by atoms with E-state index in [1.54, 1.807) is 17.3 Å². The highest BCUT2D eigenvalue weighted by molar-refractivity contribution is 5.93. The van der Waals surface area contributed by atoms with Crippen LogP contribution in [0.15, 0.2) is 12.4 Å². The molecule has 1 aromatic heterocycles. The van der Waals surface area contributed by atoms with Crippen molar-refractivity contribution < 1.29 is 19.7 Å². The fraction of sp³-hybridized carbons (Fsp3) is 0.706. The van der Waals surface area contributed by atoms with Crippen LogP contribution in [0.2, 0.25) is 0 Å². The smallest absolute Gasteiger partial charge is 0.257 e. The zero-order valence-electron chi connectivity index (χ0n) is 14.7. The highest BCUT2D eigenvalue weighted by Gasteiger charge is 2.37. The molecule has 0 aliphatic carbocycles. The van der Waals surface area contributed by atoms with Gasteiger partial charge in [0.05, 0.1) is 30.9 Å². The van der Waals surface area contributed by atoms with Crippen molar-refractivity contribution in [3.05, 3.63) is 23.8 Å². The number of ether oxygens (including phenoxy) is 1. The van der Waals surface area contributed by atoms with Gasteiger partial charge in [0.1, 0.15) is 11.9 Å². The van der Waals surface area contributed by atoms with Gasteiger partial charge in [-0.2, -0.15) is 0 Å². The van der Waals surface area contributed by atoms with Crippen molar-refractivity contribution in [3.63, 3.8) is 0 Å². The van der Waals surface area contributed by atoms with E-state index in [0.29, 0.717) is 38.3 Å². The summed E-state index contributed by atoms with van der Waals surface area (Å²) in [5, 5.41) is 19.9. The topological polar surface area (TPSA) is 99.0 Å². The Morgan fingerprint density at radius 3 is 2.40 bits per heavy atom. The molecular weight excluding hydrogens is 324 g/mol. The van der Waals surface area contributed by atoms with Crippen molar-refractivity contribution in [1.29, 1.82) is 0 Å². The molecular formula is C17H26N4O4. The third-order valence-corrected chi connectivity index (χ3v) is 4.87. The Balaban J connectivity index is 1.57. The van der Waals surface area contributed by atoms with Gasteiger partial charge in [-0.15, -0.1) is 0 Å². The third kappa shape index (κ3) is 3.98. The van der Waals surface area contributed by atoms with Gasteiger partial charge in [-0.05, 0) is 0 Å². The van der Waals surface area contributed by atoms with E-state index in [0.717, 1.165) is 5.82 Å². The summed E-state index contributed by atoms with van der Waals surface area (Å²) in [6.07, 6.45) is 1.51. The molecule has 0 saturated carbocycles. The number of carbonyl (C=O) groups excluding carboxylic acids is 1. The minimum absolute atomic E-state index is 0.0737. The SMILES string of the molecule is CC(C)c1ncc(C(=O)N2CCN([C@@H]3COC[C@@H](O)[C@H]3O)CC2)cn1. The third-order valence-electron chi connectivity index (χ3n) is 4.87. The first kappa shape index (κ1) is 18.2. The van der Waals surface area contributed by atoms with Crippen LogP contribution in [0, 0.1) is 0 Å². The van der Waals surface area contributed by atoms with Gasteiger partial charge in [0.25, 0.3) is 5.91 Å². The first-order valence-electron chi connectivity index (χ1n) is 8.76. The highest BCUT2D eigenvalue weighted by Crippen LogP contribution is 2.18. The van der Waals surface area contributed by atoms with E-state index in [-0.39, 0.29) is 24.5 Å². The fourth-order valence-electron chi connectivity index (χ4n) is 3.27. The molecule has 8 nitrogen and oxygen atoms in total. The van der Waals surface area contributed by atoms with Crippen LogP contribution in [-0.2, 0) is 4.74 Å². The van der Waals surface area contributed by atoms with Crippen LogP contribution < -0.4 is 0 Å². The maximum Gasteiger partial charge on any atom is 0.257 e. The number of aliphatic hydroxyl groups excluding tert-OH is 2. The Labute approximate surface area is 147 Å². The lowest BCUT2D eigenvalue weighted by atomic mass is 10.0. The Hall–Kier alpha value is -1.61. The lowest BCUT2D eigenvalue weighted by Gasteiger charge is -2.43. The van der Waals surface area contributed by atoms with Crippen molar-refractivity contribution in [2.75, 3.05) is 39.4 Å².